The number of benzene rings is 2. The molecule has 1 unspecified atom stereocenters. The van der Waals surface area contributed by atoms with Gasteiger partial charge >= 0.3 is 6.18 Å². The molecular weight excluding hydrogens is 431 g/mol. The quantitative estimate of drug-likeness (QED) is 0.673. The van der Waals surface area contributed by atoms with Gasteiger partial charge in [-0.25, -0.2) is 0 Å². The molecule has 2 aromatic carbocycles. The average Bonchev–Trinajstić information content (AvgIpc) is 2.75. The van der Waals surface area contributed by atoms with Crippen LogP contribution < -0.4 is 10.1 Å². The van der Waals surface area contributed by atoms with Gasteiger partial charge in [0.05, 0.1) is 17.3 Å². The molecule has 1 aliphatic rings. The number of halogens is 4. The van der Waals surface area contributed by atoms with Crippen LogP contribution in [0.4, 0.5) is 18.9 Å². The maximum Gasteiger partial charge on any atom is 0.418 e. The number of carbonyl (C=O) groups is 1. The predicted molar refractivity (Wildman–Crippen MR) is 114 cm³/mol. The number of nitrogens with one attached hydrogen (secondary N) is 1. The van der Waals surface area contributed by atoms with Crippen molar-refractivity contribution in [3.8, 4) is 5.75 Å². The molecule has 5 nitrogen and oxygen atoms in total. The van der Waals surface area contributed by atoms with Crippen molar-refractivity contribution in [1.29, 1.82) is 0 Å². The Kier molecular flexibility index (Phi) is 7.80. The second-order valence-corrected chi connectivity index (χ2v) is 7.82. The molecule has 31 heavy (non-hydrogen) atoms. The van der Waals surface area contributed by atoms with Gasteiger partial charge < -0.3 is 10.1 Å². The number of piperazine rings is 1. The highest BCUT2D eigenvalue weighted by atomic mass is 35.5. The van der Waals surface area contributed by atoms with Gasteiger partial charge in [0.1, 0.15) is 12.4 Å². The highest BCUT2D eigenvalue weighted by molar-refractivity contribution is 6.30. The minimum absolute atomic E-state index is 0.218. The maximum atomic E-state index is 13.1. The third kappa shape index (κ3) is 6.59. The van der Waals surface area contributed by atoms with E-state index in [1.807, 2.05) is 17.0 Å². The van der Waals surface area contributed by atoms with Gasteiger partial charge in [0, 0.05) is 37.7 Å². The first kappa shape index (κ1) is 23.4. The van der Waals surface area contributed by atoms with Crippen LogP contribution in [0.3, 0.4) is 0 Å². The molecule has 1 aliphatic heterocycles. The summed E-state index contributed by atoms with van der Waals surface area (Å²) in [4.78, 5) is 16.8. The van der Waals surface area contributed by atoms with Crippen LogP contribution in [-0.4, -0.2) is 61.1 Å². The molecule has 3 rings (SSSR count). The third-order valence-corrected chi connectivity index (χ3v) is 5.57. The van der Waals surface area contributed by atoms with Crippen molar-refractivity contribution in [3.63, 3.8) is 0 Å². The van der Waals surface area contributed by atoms with E-state index in [4.69, 9.17) is 16.3 Å². The van der Waals surface area contributed by atoms with Gasteiger partial charge in [-0.05, 0) is 43.3 Å². The van der Waals surface area contributed by atoms with Crippen LogP contribution in [-0.2, 0) is 11.0 Å². The summed E-state index contributed by atoms with van der Waals surface area (Å²) in [7, 11) is 0. The summed E-state index contributed by atoms with van der Waals surface area (Å²) in [5, 5.41) is 3.09. The Hall–Kier alpha value is -2.29. The number of ether oxygens (including phenoxy) is 1. The molecule has 2 aromatic rings. The van der Waals surface area contributed by atoms with E-state index >= 15 is 0 Å². The minimum atomic E-state index is -4.52. The fourth-order valence-electron chi connectivity index (χ4n) is 3.44. The maximum absolute atomic E-state index is 13.1. The Morgan fingerprint density at radius 1 is 1.10 bits per heavy atom. The molecular formula is C22H25ClF3N3O2. The third-order valence-electron chi connectivity index (χ3n) is 5.31. The smallest absolute Gasteiger partial charge is 0.418 e. The second kappa shape index (κ2) is 10.3. The minimum Gasteiger partial charge on any atom is -0.492 e. The second-order valence-electron chi connectivity index (χ2n) is 7.39. The number of para-hydroxylation sites is 1. The van der Waals surface area contributed by atoms with E-state index in [2.05, 4.69) is 10.2 Å². The largest absolute Gasteiger partial charge is 0.492 e. The van der Waals surface area contributed by atoms with Crippen molar-refractivity contribution in [2.24, 2.45) is 0 Å². The van der Waals surface area contributed by atoms with E-state index in [9.17, 15) is 18.0 Å². The molecule has 1 fully saturated rings. The van der Waals surface area contributed by atoms with Gasteiger partial charge in [0.2, 0.25) is 5.91 Å². The molecule has 1 saturated heterocycles. The Labute approximate surface area is 184 Å². The summed E-state index contributed by atoms with van der Waals surface area (Å²) in [6, 6.07) is 11.7. The lowest BCUT2D eigenvalue weighted by Gasteiger charge is -2.37. The molecule has 9 heteroatoms. The zero-order valence-corrected chi connectivity index (χ0v) is 17.9. The van der Waals surface area contributed by atoms with Crippen molar-refractivity contribution in [2.45, 2.75) is 19.1 Å². The van der Waals surface area contributed by atoms with Crippen molar-refractivity contribution in [3.05, 3.63) is 59.1 Å². The number of carbonyl (C=O) groups excluding carboxylic acids is 1. The molecule has 1 heterocycles. The van der Waals surface area contributed by atoms with Gasteiger partial charge in [-0.15, -0.1) is 0 Å². The summed E-state index contributed by atoms with van der Waals surface area (Å²) in [5.74, 6) is 0.309. The van der Waals surface area contributed by atoms with Gasteiger partial charge in [-0.3, -0.25) is 14.6 Å². The van der Waals surface area contributed by atoms with E-state index in [0.29, 0.717) is 24.7 Å². The fraction of sp³-hybridized carbons (Fsp3) is 0.409. The van der Waals surface area contributed by atoms with E-state index in [1.54, 1.807) is 19.1 Å². The van der Waals surface area contributed by atoms with Crippen LogP contribution in [0, 0.1) is 0 Å². The van der Waals surface area contributed by atoms with Crippen molar-refractivity contribution in [1.82, 2.24) is 9.80 Å². The first-order chi connectivity index (χ1) is 14.7. The zero-order chi connectivity index (χ0) is 22.4. The summed E-state index contributed by atoms with van der Waals surface area (Å²) in [6.45, 7) is 5.79. The number of anilines is 1. The molecule has 0 aliphatic carbocycles. The number of nitrogens with zero attached hydrogens (tertiary/aromatic N) is 2. The zero-order valence-electron chi connectivity index (χ0n) is 17.2. The van der Waals surface area contributed by atoms with E-state index < -0.39 is 23.7 Å². The first-order valence-electron chi connectivity index (χ1n) is 10.1. The molecule has 0 aromatic heterocycles. The summed E-state index contributed by atoms with van der Waals surface area (Å²) < 4.78 is 45.1. The monoisotopic (exact) mass is 455 g/mol. The molecule has 0 bridgehead atoms. The van der Waals surface area contributed by atoms with Crippen LogP contribution in [0.2, 0.25) is 5.02 Å². The normalized spacial score (nSPS) is 16.7. The SMILES string of the molecule is CC(C(=O)Nc1ccccc1C(F)(F)F)N1CCN(CCOc2ccc(Cl)cc2)CC1. The van der Waals surface area contributed by atoms with E-state index in [1.165, 1.54) is 18.2 Å². The van der Waals surface area contributed by atoms with Gasteiger partial charge in [0.15, 0.2) is 0 Å². The molecule has 1 amide bonds. The van der Waals surface area contributed by atoms with Crippen LogP contribution in [0.25, 0.3) is 0 Å². The summed E-state index contributed by atoms with van der Waals surface area (Å²) in [6.07, 6.45) is -4.52. The molecule has 0 saturated carbocycles. The fourth-order valence-corrected chi connectivity index (χ4v) is 3.57. The Morgan fingerprint density at radius 3 is 2.39 bits per heavy atom. The molecule has 1 N–H and O–H groups in total. The van der Waals surface area contributed by atoms with Crippen LogP contribution >= 0.6 is 11.6 Å². The number of alkyl halides is 3. The van der Waals surface area contributed by atoms with Crippen LogP contribution in [0.15, 0.2) is 48.5 Å². The van der Waals surface area contributed by atoms with Gasteiger partial charge in [0.25, 0.3) is 0 Å². The number of amides is 1. The van der Waals surface area contributed by atoms with E-state index in [-0.39, 0.29) is 5.69 Å². The topological polar surface area (TPSA) is 44.8 Å². The standard InChI is InChI=1S/C22H25ClF3N3O2/c1-16(21(30)27-20-5-3-2-4-19(20)22(24,25)26)29-12-10-28(11-13-29)14-15-31-18-8-6-17(23)7-9-18/h2-9,16H,10-15H2,1H3,(H,27,30). The number of hydrogen-bond donors (Lipinski definition) is 1. The predicted octanol–water partition coefficient (Wildman–Crippen LogP) is 4.38. The Morgan fingerprint density at radius 2 is 1.74 bits per heavy atom. The summed E-state index contributed by atoms with van der Waals surface area (Å²) >= 11 is 5.85. The first-order valence-corrected chi connectivity index (χ1v) is 10.4. The lowest BCUT2D eigenvalue weighted by molar-refractivity contribution is -0.137. The molecule has 0 spiro atoms. The van der Waals surface area contributed by atoms with Crippen LogP contribution in [0.5, 0.6) is 5.75 Å². The van der Waals surface area contributed by atoms with Crippen LogP contribution in [0.1, 0.15) is 12.5 Å². The highest BCUT2D eigenvalue weighted by Gasteiger charge is 2.34. The summed E-state index contributed by atoms with van der Waals surface area (Å²) in [5.41, 5.74) is -1.06. The van der Waals surface area contributed by atoms with Crippen molar-refractivity contribution >= 4 is 23.2 Å². The van der Waals surface area contributed by atoms with Gasteiger partial charge in [-0.2, -0.15) is 13.2 Å². The lowest BCUT2D eigenvalue weighted by atomic mass is 10.1. The molecule has 0 radical (unpaired) electrons. The lowest BCUT2D eigenvalue weighted by Crippen LogP contribution is -2.53. The van der Waals surface area contributed by atoms with E-state index in [0.717, 1.165) is 31.5 Å². The molecule has 168 valence electrons. The van der Waals surface area contributed by atoms with Crippen molar-refractivity contribution in [2.75, 3.05) is 44.6 Å². The molecule has 1 atom stereocenters. The Bertz CT molecular complexity index is 869. The van der Waals surface area contributed by atoms with Gasteiger partial charge in [-0.1, -0.05) is 23.7 Å². The van der Waals surface area contributed by atoms with Crippen molar-refractivity contribution < 1.29 is 22.7 Å². The Balaban J connectivity index is 1.45. The highest BCUT2D eigenvalue weighted by Crippen LogP contribution is 2.34. The number of rotatable bonds is 7. The number of hydrogen-bond acceptors (Lipinski definition) is 4. The average molecular weight is 456 g/mol.